The fraction of sp³-hybridized carbons (Fsp3) is 0.429. The molecular formula is C14H19FN2O2S. The molecule has 6 heteroatoms. The fourth-order valence-corrected chi connectivity index (χ4v) is 2.35. The predicted octanol–water partition coefficient (Wildman–Crippen LogP) is 1.95. The van der Waals surface area contributed by atoms with Crippen LogP contribution in [0, 0.1) is 5.82 Å². The second kappa shape index (κ2) is 8.58. The molecule has 110 valence electrons. The smallest absolute Gasteiger partial charge is 0.242 e. The van der Waals surface area contributed by atoms with Gasteiger partial charge in [0.2, 0.25) is 11.8 Å². The number of hydrogen-bond donors (Lipinski definition) is 2. The first-order valence-electron chi connectivity index (χ1n) is 6.48. The highest BCUT2D eigenvalue weighted by Crippen LogP contribution is 2.18. The molecular weight excluding hydrogens is 279 g/mol. The van der Waals surface area contributed by atoms with Gasteiger partial charge in [0.1, 0.15) is 11.9 Å². The minimum absolute atomic E-state index is 0.168. The van der Waals surface area contributed by atoms with Gasteiger partial charge in [-0.1, -0.05) is 0 Å². The van der Waals surface area contributed by atoms with Crippen LogP contribution in [0.2, 0.25) is 0 Å². The maximum Gasteiger partial charge on any atom is 0.242 e. The van der Waals surface area contributed by atoms with E-state index in [0.29, 0.717) is 18.7 Å². The van der Waals surface area contributed by atoms with Crippen molar-refractivity contribution < 1.29 is 14.0 Å². The van der Waals surface area contributed by atoms with E-state index in [1.807, 2.05) is 6.92 Å². The van der Waals surface area contributed by atoms with Crippen molar-refractivity contribution in [1.29, 1.82) is 0 Å². The molecule has 0 fully saturated rings. The van der Waals surface area contributed by atoms with Crippen LogP contribution in [0.4, 0.5) is 4.39 Å². The molecule has 2 amide bonds. The van der Waals surface area contributed by atoms with Gasteiger partial charge in [-0.05, 0) is 38.1 Å². The highest BCUT2D eigenvalue weighted by atomic mass is 32.2. The monoisotopic (exact) mass is 298 g/mol. The third kappa shape index (κ3) is 6.06. The standard InChI is InChI=1S/C14H19FN2O2S/c1-3-16-14(19)10(2)17-13(18)8-9-20-12-6-4-11(15)5-7-12/h4-7,10H,3,8-9H2,1-2H3,(H,16,19)(H,17,18)/t10-/m0/s1. The molecule has 1 aromatic carbocycles. The molecule has 0 unspecified atom stereocenters. The number of benzene rings is 1. The summed E-state index contributed by atoms with van der Waals surface area (Å²) in [7, 11) is 0. The van der Waals surface area contributed by atoms with Crippen LogP contribution in [-0.4, -0.2) is 30.2 Å². The van der Waals surface area contributed by atoms with Gasteiger partial charge in [0.05, 0.1) is 0 Å². The summed E-state index contributed by atoms with van der Waals surface area (Å²) < 4.78 is 12.7. The Morgan fingerprint density at radius 1 is 1.30 bits per heavy atom. The normalized spacial score (nSPS) is 11.8. The van der Waals surface area contributed by atoms with Gasteiger partial charge in [-0.2, -0.15) is 0 Å². The first-order valence-corrected chi connectivity index (χ1v) is 7.47. The largest absolute Gasteiger partial charge is 0.355 e. The summed E-state index contributed by atoms with van der Waals surface area (Å²) in [6.45, 7) is 4.02. The van der Waals surface area contributed by atoms with E-state index in [1.54, 1.807) is 19.1 Å². The maximum absolute atomic E-state index is 12.7. The number of amides is 2. The molecule has 20 heavy (non-hydrogen) atoms. The van der Waals surface area contributed by atoms with E-state index in [1.165, 1.54) is 23.9 Å². The topological polar surface area (TPSA) is 58.2 Å². The fourth-order valence-electron chi connectivity index (χ4n) is 1.50. The number of thioether (sulfide) groups is 1. The van der Waals surface area contributed by atoms with Crippen LogP contribution in [-0.2, 0) is 9.59 Å². The van der Waals surface area contributed by atoms with E-state index in [9.17, 15) is 14.0 Å². The lowest BCUT2D eigenvalue weighted by Gasteiger charge is -2.13. The Hall–Kier alpha value is -1.56. The van der Waals surface area contributed by atoms with Crippen LogP contribution in [0.15, 0.2) is 29.2 Å². The number of carbonyl (C=O) groups excluding carboxylic acids is 2. The molecule has 0 radical (unpaired) electrons. The molecule has 1 aromatic rings. The number of hydrogen-bond acceptors (Lipinski definition) is 3. The van der Waals surface area contributed by atoms with Crippen LogP contribution in [0.5, 0.6) is 0 Å². The number of likely N-dealkylation sites (N-methyl/N-ethyl adjacent to an activating group) is 1. The van der Waals surface area contributed by atoms with Gasteiger partial charge in [-0.25, -0.2) is 4.39 Å². The van der Waals surface area contributed by atoms with Crippen molar-refractivity contribution in [2.24, 2.45) is 0 Å². The summed E-state index contributed by atoms with van der Waals surface area (Å²) in [5, 5.41) is 5.28. The molecule has 0 heterocycles. The lowest BCUT2D eigenvalue weighted by molar-refractivity contribution is -0.128. The number of carbonyl (C=O) groups is 2. The summed E-state index contributed by atoms with van der Waals surface area (Å²) in [6, 6.07) is 5.60. The lowest BCUT2D eigenvalue weighted by Crippen LogP contribution is -2.44. The van der Waals surface area contributed by atoms with Gasteiger partial charge in [0, 0.05) is 23.6 Å². The van der Waals surface area contributed by atoms with Gasteiger partial charge in [0.25, 0.3) is 0 Å². The second-order valence-corrected chi connectivity index (χ2v) is 5.40. The average molecular weight is 298 g/mol. The highest BCUT2D eigenvalue weighted by molar-refractivity contribution is 7.99. The van der Waals surface area contributed by atoms with E-state index in [-0.39, 0.29) is 17.6 Å². The van der Waals surface area contributed by atoms with Gasteiger partial charge in [0.15, 0.2) is 0 Å². The lowest BCUT2D eigenvalue weighted by atomic mass is 10.3. The minimum Gasteiger partial charge on any atom is -0.355 e. The van der Waals surface area contributed by atoms with E-state index in [2.05, 4.69) is 10.6 Å². The van der Waals surface area contributed by atoms with Crippen molar-refractivity contribution in [3.8, 4) is 0 Å². The molecule has 0 saturated carbocycles. The van der Waals surface area contributed by atoms with Crippen LogP contribution < -0.4 is 10.6 Å². The average Bonchev–Trinajstić information content (AvgIpc) is 2.41. The zero-order valence-corrected chi connectivity index (χ0v) is 12.4. The quantitative estimate of drug-likeness (QED) is 0.757. The Morgan fingerprint density at radius 3 is 2.55 bits per heavy atom. The van der Waals surface area contributed by atoms with E-state index >= 15 is 0 Å². The highest BCUT2D eigenvalue weighted by Gasteiger charge is 2.14. The summed E-state index contributed by atoms with van der Waals surface area (Å²) in [6.07, 6.45) is 0.311. The van der Waals surface area contributed by atoms with Crippen LogP contribution >= 0.6 is 11.8 Å². The summed E-state index contributed by atoms with van der Waals surface area (Å²) >= 11 is 1.48. The van der Waals surface area contributed by atoms with Crippen molar-refractivity contribution in [3.63, 3.8) is 0 Å². The van der Waals surface area contributed by atoms with E-state index in [4.69, 9.17) is 0 Å². The molecule has 0 spiro atoms. The molecule has 0 aromatic heterocycles. The van der Waals surface area contributed by atoms with Gasteiger partial charge >= 0.3 is 0 Å². The SMILES string of the molecule is CCNC(=O)[C@H](C)NC(=O)CCSc1ccc(F)cc1. The third-order valence-corrected chi connectivity index (χ3v) is 3.55. The second-order valence-electron chi connectivity index (χ2n) is 4.24. The molecule has 1 atom stereocenters. The van der Waals surface area contributed by atoms with Gasteiger partial charge in [-0.3, -0.25) is 9.59 Å². The van der Waals surface area contributed by atoms with Gasteiger partial charge in [-0.15, -0.1) is 11.8 Å². The Kier molecular flexibility index (Phi) is 7.08. The Morgan fingerprint density at radius 2 is 1.95 bits per heavy atom. The van der Waals surface area contributed by atoms with Crippen molar-refractivity contribution >= 4 is 23.6 Å². The van der Waals surface area contributed by atoms with Crippen LogP contribution in [0.25, 0.3) is 0 Å². The van der Waals surface area contributed by atoms with Crippen molar-refractivity contribution in [3.05, 3.63) is 30.1 Å². The van der Waals surface area contributed by atoms with Crippen LogP contribution in [0.3, 0.4) is 0 Å². The number of halogens is 1. The first kappa shape index (κ1) is 16.5. The van der Waals surface area contributed by atoms with E-state index in [0.717, 1.165) is 4.90 Å². The van der Waals surface area contributed by atoms with Crippen molar-refractivity contribution in [2.45, 2.75) is 31.2 Å². The molecule has 0 bridgehead atoms. The maximum atomic E-state index is 12.7. The number of nitrogens with one attached hydrogen (secondary N) is 2. The molecule has 0 aliphatic carbocycles. The van der Waals surface area contributed by atoms with Crippen LogP contribution in [0.1, 0.15) is 20.3 Å². The summed E-state index contributed by atoms with van der Waals surface area (Å²) in [5.74, 6) is -0.0483. The minimum atomic E-state index is -0.529. The molecule has 1 rings (SSSR count). The summed E-state index contributed by atoms with van der Waals surface area (Å²) in [4.78, 5) is 24.0. The molecule has 2 N–H and O–H groups in total. The first-order chi connectivity index (χ1) is 9.52. The molecule has 0 aliphatic heterocycles. The third-order valence-electron chi connectivity index (χ3n) is 2.53. The Labute approximate surface area is 122 Å². The Bertz CT molecular complexity index is 451. The van der Waals surface area contributed by atoms with Crippen molar-refractivity contribution in [1.82, 2.24) is 10.6 Å². The van der Waals surface area contributed by atoms with Gasteiger partial charge < -0.3 is 10.6 Å². The summed E-state index contributed by atoms with van der Waals surface area (Å²) in [5.41, 5.74) is 0. The molecule has 0 saturated heterocycles. The van der Waals surface area contributed by atoms with Crippen molar-refractivity contribution in [2.75, 3.05) is 12.3 Å². The molecule has 4 nitrogen and oxygen atoms in total. The predicted molar refractivity (Wildman–Crippen MR) is 78.0 cm³/mol. The molecule has 0 aliphatic rings. The zero-order chi connectivity index (χ0) is 15.0. The van der Waals surface area contributed by atoms with E-state index < -0.39 is 6.04 Å². The Balaban J connectivity index is 2.26. The zero-order valence-electron chi connectivity index (χ0n) is 11.6. The number of rotatable bonds is 7.